The summed E-state index contributed by atoms with van der Waals surface area (Å²) in [7, 11) is 1.51. The second-order valence-electron chi connectivity index (χ2n) is 6.57. The van der Waals surface area contributed by atoms with E-state index in [2.05, 4.69) is 51.7 Å². The molecule has 3 N–H and O–H groups in total. The highest BCUT2D eigenvalue weighted by molar-refractivity contribution is 6.08. The van der Waals surface area contributed by atoms with Crippen molar-refractivity contribution in [1.82, 2.24) is 30.1 Å². The number of anilines is 1. The summed E-state index contributed by atoms with van der Waals surface area (Å²) in [5.74, 6) is -0.473. The highest BCUT2D eigenvalue weighted by Crippen LogP contribution is 2.23. The third-order valence-corrected chi connectivity index (χ3v) is 3.71. The number of hydrogen-bond donors (Lipinski definition) is 3. The molecule has 0 fully saturated rings. The van der Waals surface area contributed by atoms with Gasteiger partial charge in [0.2, 0.25) is 0 Å². The molecule has 3 rings (SSSR count). The van der Waals surface area contributed by atoms with Crippen LogP contribution in [0.1, 0.15) is 47.3 Å². The molecule has 0 aliphatic rings. The molecule has 2 amide bonds. The van der Waals surface area contributed by atoms with Crippen LogP contribution in [0.15, 0.2) is 24.5 Å². The molecule has 0 unspecified atom stereocenters. The van der Waals surface area contributed by atoms with Gasteiger partial charge < -0.3 is 10.6 Å². The van der Waals surface area contributed by atoms with Crippen molar-refractivity contribution in [2.24, 2.45) is 0 Å². The smallest absolute Gasteiger partial charge is 0.269 e. The van der Waals surface area contributed by atoms with Gasteiger partial charge in [0.15, 0.2) is 11.5 Å². The fourth-order valence-electron chi connectivity index (χ4n) is 2.44. The van der Waals surface area contributed by atoms with E-state index in [1.807, 2.05) is 6.07 Å². The van der Waals surface area contributed by atoms with E-state index in [-0.39, 0.29) is 22.8 Å². The van der Waals surface area contributed by atoms with E-state index in [1.165, 1.54) is 19.3 Å². The van der Waals surface area contributed by atoms with E-state index in [0.717, 1.165) is 5.69 Å². The van der Waals surface area contributed by atoms with Crippen LogP contribution in [0, 0.1) is 0 Å². The highest BCUT2D eigenvalue weighted by atomic mass is 16.2. The third-order valence-electron chi connectivity index (χ3n) is 3.71. The van der Waals surface area contributed by atoms with Gasteiger partial charge in [-0.1, -0.05) is 20.8 Å². The lowest BCUT2D eigenvalue weighted by atomic mass is 9.92. The molecule has 0 radical (unpaired) electrons. The zero-order valence-electron chi connectivity index (χ0n) is 14.4. The van der Waals surface area contributed by atoms with Gasteiger partial charge in [0, 0.05) is 24.7 Å². The van der Waals surface area contributed by atoms with Crippen LogP contribution in [-0.4, -0.2) is 43.7 Å². The van der Waals surface area contributed by atoms with Crippen LogP contribution in [0.5, 0.6) is 0 Å². The summed E-state index contributed by atoms with van der Waals surface area (Å²) in [5, 5.41) is 15.9. The van der Waals surface area contributed by atoms with E-state index in [4.69, 9.17) is 0 Å². The van der Waals surface area contributed by atoms with Gasteiger partial charge in [0.05, 0.1) is 11.9 Å². The van der Waals surface area contributed by atoms with Crippen molar-refractivity contribution < 1.29 is 9.59 Å². The van der Waals surface area contributed by atoms with Gasteiger partial charge in [-0.05, 0) is 6.07 Å². The van der Waals surface area contributed by atoms with Crippen molar-refractivity contribution in [2.75, 3.05) is 12.4 Å². The molecular weight excluding hydrogens is 322 g/mol. The van der Waals surface area contributed by atoms with E-state index in [1.54, 1.807) is 10.7 Å². The molecule has 9 heteroatoms. The minimum Gasteiger partial charge on any atom is -0.354 e. The second kappa shape index (κ2) is 6.00. The minimum atomic E-state index is -0.400. The number of aromatic nitrogens is 5. The van der Waals surface area contributed by atoms with Crippen LogP contribution in [-0.2, 0) is 5.41 Å². The SMILES string of the molecule is CNC(=O)c1cc(NC(=O)c2cnn3c(C(C)(C)C)ccnc23)n[nH]1. The molecule has 0 aliphatic heterocycles. The Labute approximate surface area is 143 Å². The summed E-state index contributed by atoms with van der Waals surface area (Å²) in [4.78, 5) is 28.3. The maximum atomic E-state index is 12.5. The fourth-order valence-corrected chi connectivity index (χ4v) is 2.44. The van der Waals surface area contributed by atoms with Crippen LogP contribution < -0.4 is 10.6 Å². The molecular formula is C16H19N7O2. The van der Waals surface area contributed by atoms with Gasteiger partial charge in [-0.2, -0.15) is 10.2 Å². The lowest BCUT2D eigenvalue weighted by Gasteiger charge is -2.19. The quantitative estimate of drug-likeness (QED) is 0.665. The largest absolute Gasteiger partial charge is 0.354 e. The topological polar surface area (TPSA) is 117 Å². The lowest BCUT2D eigenvalue weighted by molar-refractivity contribution is 0.0957. The zero-order valence-corrected chi connectivity index (χ0v) is 14.4. The van der Waals surface area contributed by atoms with Crippen LogP contribution in [0.3, 0.4) is 0 Å². The van der Waals surface area contributed by atoms with E-state index >= 15 is 0 Å². The van der Waals surface area contributed by atoms with E-state index < -0.39 is 5.91 Å². The summed E-state index contributed by atoms with van der Waals surface area (Å²) < 4.78 is 1.66. The predicted molar refractivity (Wildman–Crippen MR) is 91.6 cm³/mol. The number of amides is 2. The number of rotatable bonds is 3. The zero-order chi connectivity index (χ0) is 18.2. The average Bonchev–Trinajstić information content (AvgIpc) is 3.19. The minimum absolute atomic E-state index is 0.147. The first-order valence-electron chi connectivity index (χ1n) is 7.73. The van der Waals surface area contributed by atoms with Gasteiger partial charge in [0.1, 0.15) is 11.3 Å². The Morgan fingerprint density at radius 2 is 2.00 bits per heavy atom. The molecule has 0 aliphatic carbocycles. The maximum Gasteiger partial charge on any atom is 0.269 e. The third kappa shape index (κ3) is 3.08. The molecule has 0 spiro atoms. The number of hydrogen-bond acceptors (Lipinski definition) is 5. The number of aromatic amines is 1. The molecule has 9 nitrogen and oxygen atoms in total. The fraction of sp³-hybridized carbons (Fsp3) is 0.312. The maximum absolute atomic E-state index is 12.5. The van der Waals surface area contributed by atoms with E-state index in [9.17, 15) is 9.59 Å². The first-order chi connectivity index (χ1) is 11.8. The number of fused-ring (bicyclic) bond motifs is 1. The first-order valence-corrected chi connectivity index (χ1v) is 7.73. The molecule has 0 aromatic carbocycles. The lowest BCUT2D eigenvalue weighted by Crippen LogP contribution is -2.18. The molecule has 0 atom stereocenters. The van der Waals surface area contributed by atoms with Crippen molar-refractivity contribution in [2.45, 2.75) is 26.2 Å². The molecule has 3 aromatic heterocycles. The van der Waals surface area contributed by atoms with Crippen LogP contribution in [0.25, 0.3) is 5.65 Å². The Bertz CT molecular complexity index is 949. The number of nitrogens with one attached hydrogen (secondary N) is 3. The summed E-state index contributed by atoms with van der Waals surface area (Å²) >= 11 is 0. The molecule has 0 saturated carbocycles. The Morgan fingerprint density at radius 3 is 2.68 bits per heavy atom. The Kier molecular flexibility index (Phi) is 3.99. The molecule has 25 heavy (non-hydrogen) atoms. The van der Waals surface area contributed by atoms with Crippen LogP contribution in [0.4, 0.5) is 5.82 Å². The average molecular weight is 341 g/mol. The van der Waals surface area contributed by atoms with Gasteiger partial charge in [0.25, 0.3) is 11.8 Å². The summed E-state index contributed by atoms with van der Waals surface area (Å²) in [6.07, 6.45) is 3.13. The van der Waals surface area contributed by atoms with Crippen molar-refractivity contribution >= 4 is 23.3 Å². The Balaban J connectivity index is 1.91. The standard InChI is InChI=1S/C16H19N7O2/c1-16(2,3)11-5-6-18-13-9(8-19-23(11)13)14(24)20-12-7-10(21-22-12)15(25)17-4/h5-8H,1-4H3,(H,17,25)(H2,20,21,22,24). The van der Waals surface area contributed by atoms with Gasteiger partial charge in [-0.3, -0.25) is 14.7 Å². The number of carbonyl (C=O) groups excluding carboxylic acids is 2. The molecule has 0 saturated heterocycles. The summed E-state index contributed by atoms with van der Waals surface area (Å²) in [5.41, 5.74) is 1.84. The summed E-state index contributed by atoms with van der Waals surface area (Å²) in [6.45, 7) is 6.19. The monoisotopic (exact) mass is 341 g/mol. The predicted octanol–water partition coefficient (Wildman–Crippen LogP) is 1.36. The van der Waals surface area contributed by atoms with Crippen molar-refractivity contribution in [3.63, 3.8) is 0 Å². The number of H-pyrrole nitrogens is 1. The normalized spacial score (nSPS) is 11.5. The van der Waals surface area contributed by atoms with Gasteiger partial charge >= 0.3 is 0 Å². The second-order valence-corrected chi connectivity index (χ2v) is 6.57. The van der Waals surface area contributed by atoms with Crippen LogP contribution >= 0.6 is 0 Å². The van der Waals surface area contributed by atoms with E-state index in [0.29, 0.717) is 11.2 Å². The number of carbonyl (C=O) groups is 2. The molecule has 0 bridgehead atoms. The first kappa shape index (κ1) is 16.6. The van der Waals surface area contributed by atoms with Gasteiger partial charge in [-0.15, -0.1) is 0 Å². The molecule has 3 heterocycles. The molecule has 3 aromatic rings. The Morgan fingerprint density at radius 1 is 1.24 bits per heavy atom. The van der Waals surface area contributed by atoms with Crippen molar-refractivity contribution in [3.8, 4) is 0 Å². The Hall–Kier alpha value is -3.23. The highest BCUT2D eigenvalue weighted by Gasteiger charge is 2.22. The van der Waals surface area contributed by atoms with Gasteiger partial charge in [-0.25, -0.2) is 9.50 Å². The van der Waals surface area contributed by atoms with Crippen molar-refractivity contribution in [1.29, 1.82) is 0 Å². The summed E-state index contributed by atoms with van der Waals surface area (Å²) in [6, 6.07) is 3.33. The molecule has 130 valence electrons. The van der Waals surface area contributed by atoms with Crippen molar-refractivity contribution in [3.05, 3.63) is 41.5 Å². The van der Waals surface area contributed by atoms with Crippen LogP contribution in [0.2, 0.25) is 0 Å². The number of nitrogens with zero attached hydrogens (tertiary/aromatic N) is 4.